The zero-order valence-corrected chi connectivity index (χ0v) is 12.1. The average Bonchev–Trinajstić information content (AvgIpc) is 2.99. The average molecular weight is 308 g/mol. The highest BCUT2D eigenvalue weighted by atomic mass is 19.1. The van der Waals surface area contributed by atoms with Gasteiger partial charge < -0.3 is 24.9 Å². The lowest BCUT2D eigenvalue weighted by Crippen LogP contribution is -2.11. The summed E-state index contributed by atoms with van der Waals surface area (Å²) in [4.78, 5) is 12.0. The molecule has 0 aliphatic rings. The van der Waals surface area contributed by atoms with Gasteiger partial charge in [0.1, 0.15) is 18.6 Å². The van der Waals surface area contributed by atoms with Crippen molar-refractivity contribution in [1.82, 2.24) is 0 Å². The van der Waals surface area contributed by atoms with Crippen LogP contribution in [0.15, 0.2) is 34.9 Å². The van der Waals surface area contributed by atoms with Crippen LogP contribution in [-0.2, 0) is 11.3 Å². The number of methoxy groups -OCH3 is 1. The Morgan fingerprint density at radius 2 is 2.18 bits per heavy atom. The van der Waals surface area contributed by atoms with Gasteiger partial charge in [-0.3, -0.25) is 4.79 Å². The van der Waals surface area contributed by atoms with E-state index < -0.39 is 11.7 Å². The topological polar surface area (TPSA) is 86.7 Å². The van der Waals surface area contributed by atoms with E-state index >= 15 is 0 Å². The quantitative estimate of drug-likeness (QED) is 0.765. The largest absolute Gasteiger partial charge is 0.488 e. The number of furan rings is 1. The fourth-order valence-corrected chi connectivity index (χ4v) is 1.74. The van der Waals surface area contributed by atoms with Crippen LogP contribution in [0.1, 0.15) is 16.1 Å². The summed E-state index contributed by atoms with van der Waals surface area (Å²) in [6.07, 6.45) is 1.30. The van der Waals surface area contributed by atoms with Crippen LogP contribution in [0, 0.1) is 5.82 Å². The van der Waals surface area contributed by atoms with Gasteiger partial charge in [0.15, 0.2) is 11.6 Å². The number of halogens is 1. The van der Waals surface area contributed by atoms with Crippen LogP contribution in [0.25, 0.3) is 0 Å². The molecule has 1 heterocycles. The van der Waals surface area contributed by atoms with Crippen molar-refractivity contribution in [2.45, 2.75) is 6.54 Å². The van der Waals surface area contributed by atoms with E-state index in [0.29, 0.717) is 23.6 Å². The molecular formula is C15H17FN2O4. The number of anilines is 1. The highest BCUT2D eigenvalue weighted by molar-refractivity contribution is 6.04. The maximum absolute atomic E-state index is 13.8. The maximum Gasteiger partial charge on any atom is 0.258 e. The Bertz CT molecular complexity index is 642. The molecule has 0 aliphatic carbocycles. The molecule has 118 valence electrons. The molecule has 1 amide bonds. The van der Waals surface area contributed by atoms with Gasteiger partial charge >= 0.3 is 0 Å². The summed E-state index contributed by atoms with van der Waals surface area (Å²) in [5.41, 5.74) is 6.04. The van der Waals surface area contributed by atoms with Gasteiger partial charge in [-0.2, -0.15) is 0 Å². The van der Waals surface area contributed by atoms with Crippen molar-refractivity contribution in [3.63, 3.8) is 0 Å². The molecule has 0 saturated heterocycles. The molecule has 2 aromatic rings. The third-order valence-electron chi connectivity index (χ3n) is 2.85. The Labute approximate surface area is 127 Å². The third kappa shape index (κ3) is 4.06. The number of nitrogens with two attached hydrogens (primary N) is 1. The van der Waals surface area contributed by atoms with Gasteiger partial charge in [-0.1, -0.05) is 0 Å². The van der Waals surface area contributed by atoms with Crippen molar-refractivity contribution in [1.29, 1.82) is 0 Å². The monoisotopic (exact) mass is 308 g/mol. The molecule has 1 aromatic heterocycles. The molecule has 2 rings (SSSR count). The van der Waals surface area contributed by atoms with Gasteiger partial charge in [0, 0.05) is 18.9 Å². The standard InChI is InChI=1S/C15H17FN2O4/c1-20-4-5-21-14-3-2-11(7-13(14)16)18-15(19)10-6-12(8-17)22-9-10/h2-3,6-7,9H,4-5,8,17H2,1H3,(H,18,19). The molecule has 0 fully saturated rings. The van der Waals surface area contributed by atoms with Gasteiger partial charge in [-0.15, -0.1) is 0 Å². The molecule has 0 bridgehead atoms. The number of amides is 1. The lowest BCUT2D eigenvalue weighted by Gasteiger charge is -2.09. The first-order chi connectivity index (χ1) is 10.6. The Hall–Kier alpha value is -2.38. The first kappa shape index (κ1) is 16.0. The van der Waals surface area contributed by atoms with Crippen molar-refractivity contribution in [2.24, 2.45) is 5.73 Å². The van der Waals surface area contributed by atoms with Crippen LogP contribution in [-0.4, -0.2) is 26.2 Å². The van der Waals surface area contributed by atoms with E-state index in [-0.39, 0.29) is 18.9 Å². The minimum atomic E-state index is -0.566. The SMILES string of the molecule is COCCOc1ccc(NC(=O)c2coc(CN)c2)cc1F. The first-order valence-electron chi connectivity index (χ1n) is 6.64. The lowest BCUT2D eigenvalue weighted by molar-refractivity contribution is 0.102. The maximum atomic E-state index is 13.8. The first-order valence-corrected chi connectivity index (χ1v) is 6.64. The molecule has 0 aliphatic heterocycles. The summed E-state index contributed by atoms with van der Waals surface area (Å²) in [5.74, 6) is -0.373. The number of benzene rings is 1. The number of hydrogen-bond donors (Lipinski definition) is 2. The number of rotatable bonds is 7. The summed E-state index contributed by atoms with van der Waals surface area (Å²) in [7, 11) is 1.53. The van der Waals surface area contributed by atoms with E-state index in [9.17, 15) is 9.18 Å². The highest BCUT2D eigenvalue weighted by Crippen LogP contribution is 2.21. The number of ether oxygens (including phenoxy) is 2. The van der Waals surface area contributed by atoms with Crippen molar-refractivity contribution < 1.29 is 23.1 Å². The number of carbonyl (C=O) groups is 1. The molecule has 6 nitrogen and oxygen atoms in total. The Morgan fingerprint density at radius 1 is 1.36 bits per heavy atom. The minimum absolute atomic E-state index is 0.101. The number of hydrogen-bond acceptors (Lipinski definition) is 5. The Balaban J connectivity index is 2.00. The van der Waals surface area contributed by atoms with Crippen molar-refractivity contribution in [3.8, 4) is 5.75 Å². The van der Waals surface area contributed by atoms with Crippen LogP contribution in [0.4, 0.5) is 10.1 Å². The Morgan fingerprint density at radius 3 is 2.82 bits per heavy atom. The molecule has 0 radical (unpaired) electrons. The van der Waals surface area contributed by atoms with Crippen molar-refractivity contribution >= 4 is 11.6 Å². The number of nitrogens with one attached hydrogen (secondary N) is 1. The third-order valence-corrected chi connectivity index (χ3v) is 2.85. The minimum Gasteiger partial charge on any atom is -0.488 e. The fraction of sp³-hybridized carbons (Fsp3) is 0.267. The van der Waals surface area contributed by atoms with Crippen LogP contribution >= 0.6 is 0 Å². The number of carbonyl (C=O) groups excluding carboxylic acids is 1. The zero-order valence-electron chi connectivity index (χ0n) is 12.1. The zero-order chi connectivity index (χ0) is 15.9. The molecule has 7 heteroatoms. The molecule has 0 atom stereocenters. The van der Waals surface area contributed by atoms with Crippen LogP contribution < -0.4 is 15.8 Å². The summed E-state index contributed by atoms with van der Waals surface area (Å²) in [6, 6.07) is 5.71. The molecule has 3 N–H and O–H groups in total. The van der Waals surface area contributed by atoms with E-state index in [0.717, 1.165) is 0 Å². The fourth-order valence-electron chi connectivity index (χ4n) is 1.74. The molecule has 0 saturated carbocycles. The lowest BCUT2D eigenvalue weighted by atomic mass is 10.2. The predicted octanol–water partition coefficient (Wildman–Crippen LogP) is 2.15. The summed E-state index contributed by atoms with van der Waals surface area (Å²) in [5, 5.41) is 2.57. The van der Waals surface area contributed by atoms with Gasteiger partial charge in [0.25, 0.3) is 5.91 Å². The smallest absolute Gasteiger partial charge is 0.258 e. The van der Waals surface area contributed by atoms with E-state index in [1.165, 1.54) is 31.6 Å². The summed E-state index contributed by atoms with van der Waals surface area (Å²) >= 11 is 0. The normalized spacial score (nSPS) is 10.5. The van der Waals surface area contributed by atoms with Crippen molar-refractivity contribution in [3.05, 3.63) is 47.7 Å². The highest BCUT2D eigenvalue weighted by Gasteiger charge is 2.11. The molecule has 0 spiro atoms. The van der Waals surface area contributed by atoms with E-state index in [1.54, 1.807) is 6.07 Å². The van der Waals surface area contributed by atoms with E-state index in [2.05, 4.69) is 5.32 Å². The van der Waals surface area contributed by atoms with E-state index in [4.69, 9.17) is 19.6 Å². The molecule has 1 aromatic carbocycles. The predicted molar refractivity (Wildman–Crippen MR) is 78.3 cm³/mol. The van der Waals surface area contributed by atoms with Gasteiger partial charge in [-0.05, 0) is 18.2 Å². The van der Waals surface area contributed by atoms with Crippen LogP contribution in [0.3, 0.4) is 0 Å². The molecule has 22 heavy (non-hydrogen) atoms. The second-order valence-corrected chi connectivity index (χ2v) is 4.45. The van der Waals surface area contributed by atoms with Gasteiger partial charge in [-0.25, -0.2) is 4.39 Å². The molecule has 0 unspecified atom stereocenters. The van der Waals surface area contributed by atoms with Crippen LogP contribution in [0.5, 0.6) is 5.75 Å². The van der Waals surface area contributed by atoms with Crippen LogP contribution in [0.2, 0.25) is 0 Å². The van der Waals surface area contributed by atoms with E-state index in [1.807, 2.05) is 0 Å². The Kier molecular flexibility index (Phi) is 5.51. The summed E-state index contributed by atoms with van der Waals surface area (Å²) < 4.78 is 28.9. The second kappa shape index (κ2) is 7.58. The van der Waals surface area contributed by atoms with Crippen molar-refractivity contribution in [2.75, 3.05) is 25.6 Å². The second-order valence-electron chi connectivity index (χ2n) is 4.45. The summed E-state index contributed by atoms with van der Waals surface area (Å²) in [6.45, 7) is 0.813. The van der Waals surface area contributed by atoms with Gasteiger partial charge in [0.05, 0.1) is 18.7 Å². The molecular weight excluding hydrogens is 291 g/mol. The van der Waals surface area contributed by atoms with Gasteiger partial charge in [0.2, 0.25) is 0 Å².